The summed E-state index contributed by atoms with van der Waals surface area (Å²) < 4.78 is 5.65. The van der Waals surface area contributed by atoms with Crippen molar-refractivity contribution in [3.63, 3.8) is 0 Å². The van der Waals surface area contributed by atoms with Crippen LogP contribution in [0.25, 0.3) is 0 Å². The van der Waals surface area contributed by atoms with E-state index in [1.165, 1.54) is 5.56 Å². The first-order chi connectivity index (χ1) is 14.5. The predicted molar refractivity (Wildman–Crippen MR) is 116 cm³/mol. The minimum atomic E-state index is -0.677. The van der Waals surface area contributed by atoms with Gasteiger partial charge in [-0.1, -0.05) is 30.3 Å². The van der Waals surface area contributed by atoms with Gasteiger partial charge in [-0.25, -0.2) is 0 Å². The van der Waals surface area contributed by atoms with Crippen LogP contribution in [0.5, 0.6) is 0 Å². The summed E-state index contributed by atoms with van der Waals surface area (Å²) in [4.78, 5) is 27.2. The van der Waals surface area contributed by atoms with Crippen LogP contribution < -0.4 is 15.5 Å². The molecule has 1 aliphatic heterocycles. The summed E-state index contributed by atoms with van der Waals surface area (Å²) in [7, 11) is 0. The third-order valence-corrected chi connectivity index (χ3v) is 5.47. The number of rotatable bonds is 5. The number of furan rings is 1. The van der Waals surface area contributed by atoms with E-state index in [1.807, 2.05) is 56.3 Å². The Morgan fingerprint density at radius 2 is 1.90 bits per heavy atom. The first-order valence-corrected chi connectivity index (χ1v) is 10.1. The van der Waals surface area contributed by atoms with Crippen molar-refractivity contribution >= 4 is 23.2 Å². The van der Waals surface area contributed by atoms with Gasteiger partial charge >= 0.3 is 11.8 Å². The normalized spacial score (nSPS) is 13.6. The van der Waals surface area contributed by atoms with Gasteiger partial charge in [0.15, 0.2) is 0 Å². The molecule has 0 bridgehead atoms. The van der Waals surface area contributed by atoms with E-state index in [9.17, 15) is 9.59 Å². The molecular formula is C24H25N3O3. The summed E-state index contributed by atoms with van der Waals surface area (Å²) in [6.45, 7) is 4.93. The van der Waals surface area contributed by atoms with E-state index in [0.29, 0.717) is 5.69 Å². The molecule has 0 radical (unpaired) electrons. The molecule has 2 amide bonds. The molecule has 1 aromatic heterocycles. The Bertz CT molecular complexity index is 1060. The third-order valence-electron chi connectivity index (χ3n) is 5.47. The molecule has 154 valence electrons. The van der Waals surface area contributed by atoms with Crippen LogP contribution in [0.3, 0.4) is 0 Å². The standard InChI is InChI=1S/C24H25N3O3/c1-16-9-10-17(2)19(14-16)26-24(29)23(28)25-15-21(22-8-5-13-30-22)27-12-11-18-6-3-4-7-20(18)27/h3-10,13-14,21H,11-12,15H2,1-2H3,(H,25,28)(H,26,29)/t21-/m1/s1. The van der Waals surface area contributed by atoms with Gasteiger partial charge in [-0.2, -0.15) is 0 Å². The van der Waals surface area contributed by atoms with Gasteiger partial charge in [-0.05, 0) is 61.2 Å². The average molecular weight is 403 g/mol. The molecule has 0 saturated heterocycles. The molecule has 2 aromatic carbocycles. The quantitative estimate of drug-likeness (QED) is 0.636. The summed E-state index contributed by atoms with van der Waals surface area (Å²) in [5.41, 5.74) is 4.97. The Balaban J connectivity index is 1.46. The zero-order chi connectivity index (χ0) is 21.1. The predicted octanol–water partition coefficient (Wildman–Crippen LogP) is 3.76. The number of nitrogens with zero attached hydrogens (tertiary/aromatic N) is 1. The molecule has 1 aliphatic rings. The van der Waals surface area contributed by atoms with Crippen LogP contribution in [0.4, 0.5) is 11.4 Å². The van der Waals surface area contributed by atoms with Gasteiger partial charge < -0.3 is 20.0 Å². The monoisotopic (exact) mass is 403 g/mol. The fourth-order valence-electron chi connectivity index (χ4n) is 3.85. The smallest absolute Gasteiger partial charge is 0.313 e. The molecule has 6 nitrogen and oxygen atoms in total. The summed E-state index contributed by atoms with van der Waals surface area (Å²) in [6.07, 6.45) is 2.56. The SMILES string of the molecule is Cc1ccc(C)c(NC(=O)C(=O)NC[C@H](c2ccco2)N2CCc3ccccc32)c1. The number of aryl methyl sites for hydroxylation is 2. The van der Waals surface area contributed by atoms with E-state index >= 15 is 0 Å². The van der Waals surface area contributed by atoms with Crippen molar-refractivity contribution in [2.45, 2.75) is 26.3 Å². The van der Waals surface area contributed by atoms with Crippen LogP contribution >= 0.6 is 0 Å². The van der Waals surface area contributed by atoms with Crippen LogP contribution in [0, 0.1) is 13.8 Å². The van der Waals surface area contributed by atoms with E-state index in [0.717, 1.165) is 35.5 Å². The number of anilines is 2. The second-order valence-electron chi connectivity index (χ2n) is 7.59. The lowest BCUT2D eigenvalue weighted by atomic mass is 10.1. The lowest BCUT2D eigenvalue weighted by Gasteiger charge is -2.29. The fraction of sp³-hybridized carbons (Fsp3) is 0.250. The zero-order valence-electron chi connectivity index (χ0n) is 17.1. The lowest BCUT2D eigenvalue weighted by Crippen LogP contribution is -2.41. The highest BCUT2D eigenvalue weighted by atomic mass is 16.3. The Morgan fingerprint density at radius 3 is 2.70 bits per heavy atom. The van der Waals surface area contributed by atoms with Crippen molar-refractivity contribution in [2.75, 3.05) is 23.3 Å². The van der Waals surface area contributed by atoms with Gasteiger partial charge in [-0.3, -0.25) is 9.59 Å². The first kappa shape index (κ1) is 19.8. The molecular weight excluding hydrogens is 378 g/mol. The summed E-state index contributed by atoms with van der Waals surface area (Å²) >= 11 is 0. The van der Waals surface area contributed by atoms with Gasteiger partial charge in [-0.15, -0.1) is 0 Å². The van der Waals surface area contributed by atoms with Crippen LogP contribution in [0.2, 0.25) is 0 Å². The zero-order valence-corrected chi connectivity index (χ0v) is 17.1. The highest BCUT2D eigenvalue weighted by molar-refractivity contribution is 6.39. The van der Waals surface area contributed by atoms with E-state index in [1.54, 1.807) is 6.26 Å². The number of carbonyl (C=O) groups is 2. The van der Waals surface area contributed by atoms with Crippen molar-refractivity contribution in [3.8, 4) is 0 Å². The van der Waals surface area contributed by atoms with Crippen LogP contribution in [0.1, 0.15) is 28.5 Å². The van der Waals surface area contributed by atoms with Crippen molar-refractivity contribution in [1.82, 2.24) is 5.32 Å². The molecule has 6 heteroatoms. The molecule has 3 aromatic rings. The average Bonchev–Trinajstić information content (AvgIpc) is 3.41. The van der Waals surface area contributed by atoms with Crippen molar-refractivity contribution in [3.05, 3.63) is 83.3 Å². The Kier molecular flexibility index (Phi) is 5.57. The van der Waals surface area contributed by atoms with Crippen LogP contribution in [-0.2, 0) is 16.0 Å². The fourth-order valence-corrected chi connectivity index (χ4v) is 3.85. The number of fused-ring (bicyclic) bond motifs is 1. The molecule has 1 atom stereocenters. The van der Waals surface area contributed by atoms with E-state index in [-0.39, 0.29) is 12.6 Å². The van der Waals surface area contributed by atoms with E-state index in [4.69, 9.17) is 4.42 Å². The van der Waals surface area contributed by atoms with Crippen molar-refractivity contribution < 1.29 is 14.0 Å². The first-order valence-electron chi connectivity index (χ1n) is 10.1. The maximum Gasteiger partial charge on any atom is 0.313 e. The number of benzene rings is 2. The van der Waals surface area contributed by atoms with Crippen molar-refractivity contribution in [1.29, 1.82) is 0 Å². The number of amides is 2. The highest BCUT2D eigenvalue weighted by Gasteiger charge is 2.29. The number of carbonyl (C=O) groups excluding carboxylic acids is 2. The Hall–Kier alpha value is -3.54. The van der Waals surface area contributed by atoms with E-state index < -0.39 is 11.8 Å². The lowest BCUT2D eigenvalue weighted by molar-refractivity contribution is -0.136. The maximum atomic E-state index is 12.5. The van der Waals surface area contributed by atoms with Crippen LogP contribution in [-0.4, -0.2) is 24.9 Å². The Morgan fingerprint density at radius 1 is 1.07 bits per heavy atom. The van der Waals surface area contributed by atoms with Crippen molar-refractivity contribution in [2.24, 2.45) is 0 Å². The summed E-state index contributed by atoms with van der Waals surface area (Å²) in [6, 6.07) is 17.5. The van der Waals surface area contributed by atoms with Crippen LogP contribution in [0.15, 0.2) is 65.3 Å². The second-order valence-corrected chi connectivity index (χ2v) is 7.59. The molecule has 0 saturated carbocycles. The molecule has 30 heavy (non-hydrogen) atoms. The van der Waals surface area contributed by atoms with Gasteiger partial charge in [0.05, 0.1) is 6.26 Å². The molecule has 4 rings (SSSR count). The van der Waals surface area contributed by atoms with E-state index in [2.05, 4.69) is 27.7 Å². The molecule has 2 heterocycles. The molecule has 2 N–H and O–H groups in total. The number of hydrogen-bond acceptors (Lipinski definition) is 4. The number of para-hydroxylation sites is 1. The van der Waals surface area contributed by atoms with Gasteiger partial charge in [0.2, 0.25) is 0 Å². The van der Waals surface area contributed by atoms with Gasteiger partial charge in [0.1, 0.15) is 11.8 Å². The summed E-state index contributed by atoms with van der Waals surface area (Å²) in [5, 5.41) is 5.49. The molecule has 0 unspecified atom stereocenters. The van der Waals surface area contributed by atoms with Gasteiger partial charge in [0.25, 0.3) is 0 Å². The minimum Gasteiger partial charge on any atom is -0.467 e. The largest absolute Gasteiger partial charge is 0.467 e. The maximum absolute atomic E-state index is 12.5. The molecule has 0 fully saturated rings. The summed E-state index contributed by atoms with van der Waals surface area (Å²) in [5.74, 6) is -0.592. The Labute approximate surface area is 175 Å². The molecule has 0 aliphatic carbocycles. The molecule has 0 spiro atoms. The third kappa shape index (κ3) is 4.08. The highest BCUT2D eigenvalue weighted by Crippen LogP contribution is 2.34. The minimum absolute atomic E-state index is 0.193. The second kappa shape index (κ2) is 8.45. The number of nitrogens with one attached hydrogen (secondary N) is 2. The number of hydrogen-bond donors (Lipinski definition) is 2. The topological polar surface area (TPSA) is 74.6 Å². The van der Waals surface area contributed by atoms with Gasteiger partial charge in [0, 0.05) is 24.5 Å².